The molecular formula is C53H37FN4. The smallest absolute Gasteiger partial charge is 0.166 e. The lowest BCUT2D eigenvalue weighted by Crippen LogP contribution is -2.04. The molecule has 0 spiro atoms. The SMILES string of the molecule is Cc1ccc(-c2ccc3c4ccc(-c5ccc(C)cc5)cc4n(-c4cc(-c5ccc(F)cc5)ccc4-c4nc(-c5ccccc5)nc(-c5ccccc5)n4)c3c2)cc1. The van der Waals surface area contributed by atoms with Gasteiger partial charge in [0, 0.05) is 27.5 Å². The van der Waals surface area contributed by atoms with Gasteiger partial charge in [-0.15, -0.1) is 0 Å². The maximum absolute atomic E-state index is 14.3. The van der Waals surface area contributed by atoms with Crippen LogP contribution >= 0.6 is 0 Å². The van der Waals surface area contributed by atoms with Gasteiger partial charge in [-0.25, -0.2) is 19.3 Å². The molecule has 0 bridgehead atoms. The number of benzene rings is 8. The zero-order valence-electron chi connectivity index (χ0n) is 32.1. The largest absolute Gasteiger partial charge is 0.308 e. The van der Waals surface area contributed by atoms with Crippen LogP contribution in [0.2, 0.25) is 0 Å². The first-order valence-electron chi connectivity index (χ1n) is 19.5. The highest BCUT2D eigenvalue weighted by molar-refractivity contribution is 6.11. The Bertz CT molecular complexity index is 2940. The Hall–Kier alpha value is -7.50. The third kappa shape index (κ3) is 6.53. The maximum Gasteiger partial charge on any atom is 0.166 e. The van der Waals surface area contributed by atoms with Gasteiger partial charge in [0.15, 0.2) is 17.5 Å². The number of nitrogens with zero attached hydrogens (tertiary/aromatic N) is 4. The van der Waals surface area contributed by atoms with Gasteiger partial charge in [0.05, 0.1) is 16.7 Å². The Morgan fingerprint density at radius 1 is 0.362 bits per heavy atom. The van der Waals surface area contributed by atoms with Crippen molar-refractivity contribution in [2.75, 3.05) is 0 Å². The summed E-state index contributed by atoms with van der Waals surface area (Å²) in [5, 5.41) is 2.26. The number of aryl methyl sites for hydroxylation is 2. The van der Waals surface area contributed by atoms with Gasteiger partial charge in [0.2, 0.25) is 0 Å². The second-order valence-corrected chi connectivity index (χ2v) is 14.8. The first-order valence-corrected chi connectivity index (χ1v) is 19.5. The Labute approximate surface area is 336 Å². The van der Waals surface area contributed by atoms with E-state index in [2.05, 4.69) is 122 Å². The Morgan fingerprint density at radius 2 is 0.759 bits per heavy atom. The minimum Gasteiger partial charge on any atom is -0.308 e. The Balaban J connectivity index is 1.30. The summed E-state index contributed by atoms with van der Waals surface area (Å²) < 4.78 is 16.6. The van der Waals surface area contributed by atoms with E-state index in [0.29, 0.717) is 17.5 Å². The van der Waals surface area contributed by atoms with Gasteiger partial charge in [-0.3, -0.25) is 0 Å². The molecule has 8 aromatic carbocycles. The fourth-order valence-electron chi connectivity index (χ4n) is 7.79. The van der Waals surface area contributed by atoms with Crippen LogP contribution in [0.5, 0.6) is 0 Å². The fraction of sp³-hybridized carbons (Fsp3) is 0.0377. The van der Waals surface area contributed by atoms with Crippen molar-refractivity contribution in [2.24, 2.45) is 0 Å². The van der Waals surface area contributed by atoms with Crippen LogP contribution in [0.3, 0.4) is 0 Å². The molecule has 0 unspecified atom stereocenters. The van der Waals surface area contributed by atoms with Crippen molar-refractivity contribution in [1.29, 1.82) is 0 Å². The summed E-state index contributed by atoms with van der Waals surface area (Å²) in [6.07, 6.45) is 0. The van der Waals surface area contributed by atoms with E-state index in [1.165, 1.54) is 23.3 Å². The lowest BCUT2D eigenvalue weighted by Gasteiger charge is -2.17. The molecule has 0 N–H and O–H groups in total. The summed E-state index contributed by atoms with van der Waals surface area (Å²) in [5.41, 5.74) is 14.4. The molecule has 0 aliphatic heterocycles. The standard InChI is InChI=1S/C53H37FN4/c1-34-13-17-36(18-14-34)41-23-28-45-46-29-24-42(37-19-15-35(2)16-20-37)32-49(46)58(48(45)31-41)50-33-43(38-21-26-44(54)27-22-38)25-30-47(50)53-56-51(39-9-5-3-6-10-39)55-52(57-53)40-11-7-4-8-12-40/h3-33H,1-2H3. The monoisotopic (exact) mass is 748 g/mol. The molecule has 0 amide bonds. The quantitative estimate of drug-likeness (QED) is 0.163. The highest BCUT2D eigenvalue weighted by atomic mass is 19.1. The molecule has 58 heavy (non-hydrogen) atoms. The van der Waals surface area contributed by atoms with Crippen molar-refractivity contribution in [3.63, 3.8) is 0 Å². The van der Waals surface area contributed by atoms with Crippen LogP contribution in [0, 0.1) is 19.7 Å². The normalized spacial score (nSPS) is 11.4. The van der Waals surface area contributed by atoms with Gasteiger partial charge in [0.25, 0.3) is 0 Å². The minimum absolute atomic E-state index is 0.276. The van der Waals surface area contributed by atoms with E-state index < -0.39 is 0 Å². The summed E-state index contributed by atoms with van der Waals surface area (Å²) in [5.74, 6) is 1.45. The number of aromatic nitrogens is 4. The number of fused-ring (bicyclic) bond motifs is 3. The molecule has 4 nitrogen and oxygen atoms in total. The van der Waals surface area contributed by atoms with E-state index in [9.17, 15) is 4.39 Å². The van der Waals surface area contributed by atoms with Crippen molar-refractivity contribution in [3.05, 3.63) is 205 Å². The number of halogens is 1. The van der Waals surface area contributed by atoms with E-state index in [-0.39, 0.29) is 5.82 Å². The molecule has 0 radical (unpaired) electrons. The molecule has 2 heterocycles. The molecule has 0 saturated carbocycles. The molecule has 10 rings (SSSR count). The number of rotatable bonds is 7. The van der Waals surface area contributed by atoms with E-state index in [1.807, 2.05) is 72.8 Å². The van der Waals surface area contributed by atoms with Crippen molar-refractivity contribution < 1.29 is 4.39 Å². The first kappa shape index (κ1) is 35.0. The van der Waals surface area contributed by atoms with Crippen LogP contribution in [0.4, 0.5) is 4.39 Å². The Kier molecular flexibility index (Phi) is 8.76. The molecule has 5 heteroatoms. The number of hydrogen-bond acceptors (Lipinski definition) is 3. The zero-order valence-corrected chi connectivity index (χ0v) is 32.1. The second-order valence-electron chi connectivity index (χ2n) is 14.8. The minimum atomic E-state index is -0.276. The van der Waals surface area contributed by atoms with Crippen molar-refractivity contribution >= 4 is 21.8 Å². The topological polar surface area (TPSA) is 43.6 Å². The van der Waals surface area contributed by atoms with E-state index >= 15 is 0 Å². The average molecular weight is 749 g/mol. The summed E-state index contributed by atoms with van der Waals surface area (Å²) in [6, 6.07) is 64.0. The van der Waals surface area contributed by atoms with Crippen molar-refractivity contribution in [3.8, 4) is 73.2 Å². The van der Waals surface area contributed by atoms with Gasteiger partial charge in [-0.05, 0) is 83.6 Å². The lowest BCUT2D eigenvalue weighted by atomic mass is 10.0. The molecule has 276 valence electrons. The zero-order chi connectivity index (χ0) is 39.2. The van der Waals surface area contributed by atoms with E-state index in [0.717, 1.165) is 77.6 Å². The summed E-state index contributed by atoms with van der Waals surface area (Å²) in [7, 11) is 0. The predicted octanol–water partition coefficient (Wildman–Crippen LogP) is 13.7. The van der Waals surface area contributed by atoms with Crippen LogP contribution < -0.4 is 0 Å². The maximum atomic E-state index is 14.3. The van der Waals surface area contributed by atoms with Crippen molar-refractivity contribution in [2.45, 2.75) is 13.8 Å². The second kappa shape index (κ2) is 14.5. The van der Waals surface area contributed by atoms with Gasteiger partial charge in [0.1, 0.15) is 5.82 Å². The van der Waals surface area contributed by atoms with Crippen molar-refractivity contribution in [1.82, 2.24) is 19.5 Å². The van der Waals surface area contributed by atoms with Crippen LogP contribution in [-0.2, 0) is 0 Å². The fourth-order valence-corrected chi connectivity index (χ4v) is 7.79. The van der Waals surface area contributed by atoms with Crippen LogP contribution in [0.1, 0.15) is 11.1 Å². The molecule has 0 saturated heterocycles. The highest BCUT2D eigenvalue weighted by Gasteiger charge is 2.21. The lowest BCUT2D eigenvalue weighted by molar-refractivity contribution is 0.628. The molecule has 10 aromatic rings. The van der Waals surface area contributed by atoms with Crippen LogP contribution in [-0.4, -0.2) is 19.5 Å². The van der Waals surface area contributed by atoms with Gasteiger partial charge in [-0.2, -0.15) is 0 Å². The molecule has 0 atom stereocenters. The Morgan fingerprint density at radius 3 is 1.24 bits per heavy atom. The predicted molar refractivity (Wildman–Crippen MR) is 236 cm³/mol. The third-order valence-corrected chi connectivity index (χ3v) is 10.9. The summed E-state index contributed by atoms with van der Waals surface area (Å²) in [4.78, 5) is 15.4. The van der Waals surface area contributed by atoms with E-state index in [4.69, 9.17) is 15.0 Å². The average Bonchev–Trinajstić information content (AvgIpc) is 3.60. The number of hydrogen-bond donors (Lipinski definition) is 0. The van der Waals surface area contributed by atoms with Crippen LogP contribution in [0.25, 0.3) is 95.0 Å². The van der Waals surface area contributed by atoms with Gasteiger partial charge in [-0.1, -0.05) is 163 Å². The highest BCUT2D eigenvalue weighted by Crippen LogP contribution is 2.41. The van der Waals surface area contributed by atoms with Gasteiger partial charge >= 0.3 is 0 Å². The summed E-state index contributed by atoms with van der Waals surface area (Å²) >= 11 is 0. The summed E-state index contributed by atoms with van der Waals surface area (Å²) in [6.45, 7) is 4.22. The molecule has 0 aliphatic rings. The molecule has 2 aromatic heterocycles. The van der Waals surface area contributed by atoms with Gasteiger partial charge < -0.3 is 4.57 Å². The first-order chi connectivity index (χ1) is 28.4. The molecule has 0 aliphatic carbocycles. The third-order valence-electron chi connectivity index (χ3n) is 10.9. The molecule has 0 fully saturated rings. The molecular weight excluding hydrogens is 712 g/mol. The van der Waals surface area contributed by atoms with Crippen LogP contribution in [0.15, 0.2) is 188 Å². The van der Waals surface area contributed by atoms with E-state index in [1.54, 1.807) is 0 Å².